The van der Waals surface area contributed by atoms with Crippen LogP contribution in [0.15, 0.2) is 0 Å². The first-order chi connectivity index (χ1) is 7.79. The lowest BCUT2D eigenvalue weighted by atomic mass is 9.94. The summed E-state index contributed by atoms with van der Waals surface area (Å²) in [6, 6.07) is 0. The average molecular weight is 262 g/mol. The van der Waals surface area contributed by atoms with E-state index in [2.05, 4.69) is 0 Å². The number of thioether (sulfide) groups is 2. The van der Waals surface area contributed by atoms with Crippen LogP contribution in [0.5, 0.6) is 0 Å². The number of hydrogen-bond acceptors (Lipinski definition) is 5. The van der Waals surface area contributed by atoms with Gasteiger partial charge in [-0.15, -0.1) is 11.8 Å². The number of rotatable bonds is 2. The molecule has 0 amide bonds. The lowest BCUT2D eigenvalue weighted by Gasteiger charge is -2.41. The molecule has 16 heavy (non-hydrogen) atoms. The standard InChI is InChI=1S/C11H18O3S2/c1-13-10(12)11(4-2-3-6-16-11)9-8-15-7-5-14-9/h9H,2-8H2,1H3. The van der Waals surface area contributed by atoms with Crippen LogP contribution in [0.2, 0.25) is 0 Å². The van der Waals surface area contributed by atoms with Crippen LogP contribution in [0.1, 0.15) is 19.3 Å². The summed E-state index contributed by atoms with van der Waals surface area (Å²) in [5, 5.41) is 0. The van der Waals surface area contributed by atoms with Crippen molar-refractivity contribution in [2.75, 3.05) is 31.0 Å². The van der Waals surface area contributed by atoms with Crippen molar-refractivity contribution < 1.29 is 14.3 Å². The summed E-state index contributed by atoms with van der Waals surface area (Å²) in [7, 11) is 1.48. The highest BCUT2D eigenvalue weighted by Crippen LogP contribution is 2.43. The SMILES string of the molecule is COC(=O)C1(C2CSCCO2)CCCCS1. The van der Waals surface area contributed by atoms with Crippen molar-refractivity contribution in [3.05, 3.63) is 0 Å². The van der Waals surface area contributed by atoms with E-state index in [0.29, 0.717) is 0 Å². The minimum absolute atomic E-state index is 0.0315. The van der Waals surface area contributed by atoms with Crippen LogP contribution in [0.3, 0.4) is 0 Å². The summed E-state index contributed by atoms with van der Waals surface area (Å²) in [5.74, 6) is 2.91. The summed E-state index contributed by atoms with van der Waals surface area (Å²) in [5.41, 5.74) is 0. The molecule has 3 nitrogen and oxygen atoms in total. The lowest BCUT2D eigenvalue weighted by molar-refractivity contribution is -0.148. The largest absolute Gasteiger partial charge is 0.468 e. The van der Waals surface area contributed by atoms with Gasteiger partial charge in [-0.1, -0.05) is 6.42 Å². The number of esters is 1. The number of hydrogen-bond donors (Lipinski definition) is 0. The molecule has 2 unspecified atom stereocenters. The third kappa shape index (κ3) is 2.36. The van der Waals surface area contributed by atoms with E-state index in [1.165, 1.54) is 13.5 Å². The Morgan fingerprint density at radius 2 is 2.31 bits per heavy atom. The van der Waals surface area contributed by atoms with Crippen molar-refractivity contribution >= 4 is 29.5 Å². The van der Waals surface area contributed by atoms with Gasteiger partial charge in [0.25, 0.3) is 0 Å². The Bertz CT molecular complexity index is 246. The van der Waals surface area contributed by atoms with Crippen molar-refractivity contribution in [1.82, 2.24) is 0 Å². The van der Waals surface area contributed by atoms with Gasteiger partial charge in [-0.25, -0.2) is 0 Å². The van der Waals surface area contributed by atoms with Gasteiger partial charge in [0.05, 0.1) is 19.8 Å². The Balaban J connectivity index is 2.14. The van der Waals surface area contributed by atoms with Crippen LogP contribution >= 0.6 is 23.5 Å². The van der Waals surface area contributed by atoms with E-state index in [-0.39, 0.29) is 12.1 Å². The third-order valence-electron chi connectivity index (χ3n) is 3.17. The molecule has 0 radical (unpaired) electrons. The van der Waals surface area contributed by atoms with Gasteiger partial charge in [-0.05, 0) is 18.6 Å². The molecule has 2 aliphatic rings. The van der Waals surface area contributed by atoms with Crippen LogP contribution in [0, 0.1) is 0 Å². The maximum atomic E-state index is 12.1. The van der Waals surface area contributed by atoms with Gasteiger partial charge >= 0.3 is 5.97 Å². The number of carbonyl (C=O) groups is 1. The Morgan fingerprint density at radius 1 is 1.44 bits per heavy atom. The summed E-state index contributed by atoms with van der Waals surface area (Å²) >= 11 is 3.61. The van der Waals surface area contributed by atoms with Crippen LogP contribution in [-0.2, 0) is 14.3 Å². The van der Waals surface area contributed by atoms with Gasteiger partial charge in [-0.2, -0.15) is 11.8 Å². The number of methoxy groups -OCH3 is 1. The monoisotopic (exact) mass is 262 g/mol. The highest BCUT2D eigenvalue weighted by molar-refractivity contribution is 8.01. The summed E-state index contributed by atoms with van der Waals surface area (Å²) in [6.07, 6.45) is 3.23. The molecule has 0 aromatic carbocycles. The highest BCUT2D eigenvalue weighted by Gasteiger charge is 2.49. The third-order valence-corrected chi connectivity index (χ3v) is 5.80. The first kappa shape index (κ1) is 12.6. The quantitative estimate of drug-likeness (QED) is 0.711. The Kier molecular flexibility index (Phi) is 4.44. The molecule has 0 aromatic rings. The summed E-state index contributed by atoms with van der Waals surface area (Å²) < 4.78 is 10.4. The van der Waals surface area contributed by atoms with E-state index in [1.54, 1.807) is 11.8 Å². The molecule has 0 aromatic heterocycles. The van der Waals surface area contributed by atoms with Gasteiger partial charge in [-0.3, -0.25) is 4.79 Å². The molecule has 2 fully saturated rings. The molecule has 2 atom stereocenters. The van der Waals surface area contributed by atoms with Crippen molar-refractivity contribution in [1.29, 1.82) is 0 Å². The molecule has 92 valence electrons. The average Bonchev–Trinajstić information content (AvgIpc) is 2.39. The molecule has 0 N–H and O–H groups in total. The fourth-order valence-electron chi connectivity index (χ4n) is 2.29. The first-order valence-electron chi connectivity index (χ1n) is 5.71. The Labute approximate surface area is 105 Å². The fourth-order valence-corrected chi connectivity index (χ4v) is 4.91. The number of carbonyl (C=O) groups excluding carboxylic acids is 1. The molecule has 0 spiro atoms. The molecule has 2 heterocycles. The van der Waals surface area contributed by atoms with E-state index in [4.69, 9.17) is 9.47 Å². The van der Waals surface area contributed by atoms with Gasteiger partial charge in [0.15, 0.2) is 0 Å². The number of ether oxygens (including phenoxy) is 2. The second-order valence-corrected chi connectivity index (χ2v) is 6.70. The van der Waals surface area contributed by atoms with Gasteiger partial charge < -0.3 is 9.47 Å². The van der Waals surface area contributed by atoms with Gasteiger partial charge in [0.2, 0.25) is 0 Å². The van der Waals surface area contributed by atoms with Gasteiger partial charge in [0, 0.05) is 11.5 Å². The first-order valence-corrected chi connectivity index (χ1v) is 7.85. The predicted molar refractivity (Wildman–Crippen MR) is 68.1 cm³/mol. The smallest absolute Gasteiger partial charge is 0.324 e. The molecule has 0 saturated carbocycles. The zero-order chi connectivity index (χ0) is 11.4. The summed E-state index contributed by atoms with van der Waals surface area (Å²) in [4.78, 5) is 12.1. The van der Waals surface area contributed by atoms with Crippen molar-refractivity contribution in [3.63, 3.8) is 0 Å². The topological polar surface area (TPSA) is 35.5 Å². The molecule has 2 saturated heterocycles. The lowest BCUT2D eigenvalue weighted by Crippen LogP contribution is -2.52. The zero-order valence-electron chi connectivity index (χ0n) is 9.57. The highest BCUT2D eigenvalue weighted by atomic mass is 32.2. The van der Waals surface area contributed by atoms with Crippen LogP contribution < -0.4 is 0 Å². The molecule has 0 bridgehead atoms. The Hall–Kier alpha value is 0.130. The molecule has 2 aliphatic heterocycles. The van der Waals surface area contributed by atoms with Crippen molar-refractivity contribution in [2.24, 2.45) is 0 Å². The fraction of sp³-hybridized carbons (Fsp3) is 0.909. The predicted octanol–water partition coefficient (Wildman–Crippen LogP) is 1.95. The maximum absolute atomic E-state index is 12.1. The van der Waals surface area contributed by atoms with E-state index < -0.39 is 4.75 Å². The second-order valence-electron chi connectivity index (χ2n) is 4.12. The van der Waals surface area contributed by atoms with Crippen LogP contribution in [-0.4, -0.2) is 47.8 Å². The van der Waals surface area contributed by atoms with E-state index in [9.17, 15) is 4.79 Å². The van der Waals surface area contributed by atoms with Gasteiger partial charge in [0.1, 0.15) is 4.75 Å². The minimum atomic E-state index is -0.430. The Morgan fingerprint density at radius 3 is 2.88 bits per heavy atom. The minimum Gasteiger partial charge on any atom is -0.468 e. The van der Waals surface area contributed by atoms with E-state index in [0.717, 1.165) is 36.7 Å². The maximum Gasteiger partial charge on any atom is 0.324 e. The summed E-state index contributed by atoms with van der Waals surface area (Å²) in [6.45, 7) is 0.759. The second kappa shape index (κ2) is 5.65. The normalized spacial score (nSPS) is 35.7. The van der Waals surface area contributed by atoms with Crippen LogP contribution in [0.25, 0.3) is 0 Å². The molecule has 2 rings (SSSR count). The van der Waals surface area contributed by atoms with E-state index >= 15 is 0 Å². The molecule has 5 heteroatoms. The van der Waals surface area contributed by atoms with E-state index in [1.807, 2.05) is 11.8 Å². The molecular weight excluding hydrogens is 244 g/mol. The zero-order valence-corrected chi connectivity index (χ0v) is 11.2. The van der Waals surface area contributed by atoms with Crippen molar-refractivity contribution in [2.45, 2.75) is 30.1 Å². The van der Waals surface area contributed by atoms with Crippen molar-refractivity contribution in [3.8, 4) is 0 Å². The molecular formula is C11H18O3S2. The van der Waals surface area contributed by atoms with Crippen LogP contribution in [0.4, 0.5) is 0 Å². The molecule has 0 aliphatic carbocycles.